The van der Waals surface area contributed by atoms with E-state index in [2.05, 4.69) is 4.90 Å². The number of Topliss-reactive ketones (excluding diaryl/α,β-unsaturated/α-hetero) is 1. The Bertz CT molecular complexity index is 417. The predicted octanol–water partition coefficient (Wildman–Crippen LogP) is 2.30. The number of piperidine rings is 1. The fourth-order valence-corrected chi connectivity index (χ4v) is 3.01. The van der Waals surface area contributed by atoms with Gasteiger partial charge in [-0.2, -0.15) is 0 Å². The number of rotatable bonds is 5. The molecule has 0 amide bonds. The zero-order valence-electron chi connectivity index (χ0n) is 11.3. The standard InChI is InChI=1S/C15H21NO2S/c1-19-14-6-4-12(5-7-14)15(18)13-3-2-8-16(11-13)9-10-17/h4-7,13,17H,2-3,8-11H2,1H3. The third-order valence-corrected chi connectivity index (χ3v) is 4.41. The lowest BCUT2D eigenvalue weighted by Gasteiger charge is -2.31. The Morgan fingerprint density at radius 1 is 1.42 bits per heavy atom. The van der Waals surface area contributed by atoms with Crippen molar-refractivity contribution in [2.75, 3.05) is 32.5 Å². The number of carbonyl (C=O) groups is 1. The number of β-amino-alcohol motifs (C(OH)–C–C–N with tert-alkyl or cyclic N) is 1. The predicted molar refractivity (Wildman–Crippen MR) is 78.8 cm³/mol. The lowest BCUT2D eigenvalue weighted by Crippen LogP contribution is -2.40. The molecule has 1 fully saturated rings. The monoisotopic (exact) mass is 279 g/mol. The number of likely N-dealkylation sites (tertiary alicyclic amines) is 1. The van der Waals surface area contributed by atoms with Crippen molar-refractivity contribution in [3.63, 3.8) is 0 Å². The number of ketones is 1. The summed E-state index contributed by atoms with van der Waals surface area (Å²) < 4.78 is 0. The number of hydrogen-bond donors (Lipinski definition) is 1. The second kappa shape index (κ2) is 7.08. The van der Waals surface area contributed by atoms with E-state index >= 15 is 0 Å². The van der Waals surface area contributed by atoms with Crippen molar-refractivity contribution in [2.24, 2.45) is 5.92 Å². The third-order valence-electron chi connectivity index (χ3n) is 3.67. The fourth-order valence-electron chi connectivity index (χ4n) is 2.61. The van der Waals surface area contributed by atoms with Crippen LogP contribution in [0, 0.1) is 5.92 Å². The van der Waals surface area contributed by atoms with Crippen LogP contribution in [0.4, 0.5) is 0 Å². The summed E-state index contributed by atoms with van der Waals surface area (Å²) in [6.45, 7) is 2.62. The minimum absolute atomic E-state index is 0.0837. The van der Waals surface area contributed by atoms with E-state index in [-0.39, 0.29) is 18.3 Å². The smallest absolute Gasteiger partial charge is 0.167 e. The SMILES string of the molecule is CSc1ccc(C(=O)C2CCCN(CCO)C2)cc1. The molecule has 0 spiro atoms. The van der Waals surface area contributed by atoms with Crippen LogP contribution in [0.1, 0.15) is 23.2 Å². The molecule has 1 aromatic carbocycles. The second-order valence-corrected chi connectivity index (χ2v) is 5.84. The molecule has 0 saturated carbocycles. The molecular weight excluding hydrogens is 258 g/mol. The summed E-state index contributed by atoms with van der Waals surface area (Å²) in [5.74, 6) is 0.329. The molecule has 3 nitrogen and oxygen atoms in total. The molecule has 0 radical (unpaired) electrons. The number of benzene rings is 1. The number of aliphatic hydroxyl groups excluding tert-OH is 1. The van der Waals surface area contributed by atoms with Crippen LogP contribution in [0.3, 0.4) is 0 Å². The van der Waals surface area contributed by atoms with Gasteiger partial charge in [-0.1, -0.05) is 12.1 Å². The minimum atomic E-state index is 0.0837. The molecule has 1 atom stereocenters. The molecule has 1 aliphatic heterocycles. The van der Waals surface area contributed by atoms with E-state index < -0.39 is 0 Å². The summed E-state index contributed by atoms with van der Waals surface area (Å²) in [5, 5.41) is 8.99. The maximum atomic E-state index is 12.5. The summed E-state index contributed by atoms with van der Waals surface area (Å²) in [6, 6.07) is 7.87. The average molecular weight is 279 g/mol. The number of thioether (sulfide) groups is 1. The van der Waals surface area contributed by atoms with Gasteiger partial charge in [0.2, 0.25) is 0 Å². The lowest BCUT2D eigenvalue weighted by atomic mass is 9.90. The zero-order valence-corrected chi connectivity index (χ0v) is 12.2. The highest BCUT2D eigenvalue weighted by Gasteiger charge is 2.26. The van der Waals surface area contributed by atoms with E-state index in [4.69, 9.17) is 5.11 Å². The van der Waals surface area contributed by atoms with Crippen LogP contribution in [0.25, 0.3) is 0 Å². The van der Waals surface area contributed by atoms with Crippen molar-refractivity contribution in [3.8, 4) is 0 Å². The van der Waals surface area contributed by atoms with Crippen LogP contribution < -0.4 is 0 Å². The van der Waals surface area contributed by atoms with Crippen molar-refractivity contribution in [1.29, 1.82) is 0 Å². The van der Waals surface area contributed by atoms with Crippen molar-refractivity contribution >= 4 is 17.5 Å². The summed E-state index contributed by atoms with van der Waals surface area (Å²) in [7, 11) is 0. The quantitative estimate of drug-likeness (QED) is 0.663. The van der Waals surface area contributed by atoms with E-state index in [1.54, 1.807) is 11.8 Å². The van der Waals surface area contributed by atoms with Crippen LogP contribution in [0.5, 0.6) is 0 Å². The van der Waals surface area contributed by atoms with Gasteiger partial charge in [0.1, 0.15) is 0 Å². The van der Waals surface area contributed by atoms with Crippen LogP contribution in [0.2, 0.25) is 0 Å². The Hall–Kier alpha value is -0.840. The molecule has 2 rings (SSSR count). The zero-order chi connectivity index (χ0) is 13.7. The Kier molecular flexibility index (Phi) is 5.43. The molecule has 0 aliphatic carbocycles. The molecule has 1 heterocycles. The van der Waals surface area contributed by atoms with Gasteiger partial charge in [0.05, 0.1) is 6.61 Å². The molecule has 1 aromatic rings. The normalized spacial score (nSPS) is 20.4. The summed E-state index contributed by atoms with van der Waals surface area (Å²) in [6.07, 6.45) is 4.04. The van der Waals surface area contributed by atoms with Crippen LogP contribution >= 0.6 is 11.8 Å². The van der Waals surface area contributed by atoms with E-state index in [9.17, 15) is 4.79 Å². The Morgan fingerprint density at radius 2 is 2.16 bits per heavy atom. The van der Waals surface area contributed by atoms with Gasteiger partial charge in [-0.3, -0.25) is 4.79 Å². The minimum Gasteiger partial charge on any atom is -0.395 e. The summed E-state index contributed by atoms with van der Waals surface area (Å²) >= 11 is 1.68. The molecule has 0 aromatic heterocycles. The average Bonchev–Trinajstić information content (AvgIpc) is 2.47. The molecule has 19 heavy (non-hydrogen) atoms. The van der Waals surface area contributed by atoms with Crippen molar-refractivity contribution in [2.45, 2.75) is 17.7 Å². The second-order valence-electron chi connectivity index (χ2n) is 4.96. The third kappa shape index (κ3) is 3.81. The Morgan fingerprint density at radius 3 is 2.79 bits per heavy atom. The van der Waals surface area contributed by atoms with Crippen molar-refractivity contribution < 1.29 is 9.90 Å². The molecular formula is C15H21NO2S. The van der Waals surface area contributed by atoms with E-state index in [0.29, 0.717) is 6.54 Å². The van der Waals surface area contributed by atoms with Gasteiger partial charge in [-0.05, 0) is 37.8 Å². The van der Waals surface area contributed by atoms with Gasteiger partial charge < -0.3 is 10.0 Å². The molecule has 0 bridgehead atoms. The topological polar surface area (TPSA) is 40.5 Å². The summed E-state index contributed by atoms with van der Waals surface area (Å²) in [5.41, 5.74) is 0.814. The lowest BCUT2D eigenvalue weighted by molar-refractivity contribution is 0.0794. The first-order chi connectivity index (χ1) is 9.24. The van der Waals surface area contributed by atoms with Gasteiger partial charge in [0, 0.05) is 29.5 Å². The molecule has 1 unspecified atom stereocenters. The molecule has 4 heteroatoms. The van der Waals surface area contributed by atoms with Gasteiger partial charge in [0.15, 0.2) is 5.78 Å². The first-order valence-electron chi connectivity index (χ1n) is 6.76. The molecule has 104 valence electrons. The van der Waals surface area contributed by atoms with Crippen LogP contribution in [0.15, 0.2) is 29.2 Å². The first kappa shape index (κ1) is 14.6. The fraction of sp³-hybridized carbons (Fsp3) is 0.533. The first-order valence-corrected chi connectivity index (χ1v) is 7.98. The van der Waals surface area contributed by atoms with E-state index in [1.165, 1.54) is 4.90 Å². The van der Waals surface area contributed by atoms with Crippen molar-refractivity contribution in [1.82, 2.24) is 4.90 Å². The number of nitrogens with zero attached hydrogens (tertiary/aromatic N) is 1. The number of hydrogen-bond acceptors (Lipinski definition) is 4. The van der Waals surface area contributed by atoms with Gasteiger partial charge >= 0.3 is 0 Å². The number of aliphatic hydroxyl groups is 1. The molecule has 1 N–H and O–H groups in total. The van der Waals surface area contributed by atoms with Crippen LogP contribution in [-0.4, -0.2) is 48.3 Å². The Balaban J connectivity index is 2.01. The summed E-state index contributed by atoms with van der Waals surface area (Å²) in [4.78, 5) is 15.8. The highest BCUT2D eigenvalue weighted by Crippen LogP contribution is 2.22. The van der Waals surface area contributed by atoms with E-state index in [1.807, 2.05) is 30.5 Å². The maximum Gasteiger partial charge on any atom is 0.167 e. The highest BCUT2D eigenvalue weighted by atomic mass is 32.2. The molecule has 1 aliphatic rings. The van der Waals surface area contributed by atoms with Gasteiger partial charge in [-0.15, -0.1) is 11.8 Å². The largest absolute Gasteiger partial charge is 0.395 e. The highest BCUT2D eigenvalue weighted by molar-refractivity contribution is 7.98. The van der Waals surface area contributed by atoms with Crippen LogP contribution in [-0.2, 0) is 0 Å². The van der Waals surface area contributed by atoms with Gasteiger partial charge in [-0.25, -0.2) is 0 Å². The number of carbonyl (C=O) groups excluding carboxylic acids is 1. The Labute approximate surface area is 119 Å². The van der Waals surface area contributed by atoms with E-state index in [0.717, 1.165) is 31.5 Å². The van der Waals surface area contributed by atoms with Crippen molar-refractivity contribution in [3.05, 3.63) is 29.8 Å². The van der Waals surface area contributed by atoms with Gasteiger partial charge in [0.25, 0.3) is 0 Å². The maximum absolute atomic E-state index is 12.5. The molecule has 1 saturated heterocycles.